The molecule has 5 fully saturated rings. The molecule has 8 aliphatic rings. The van der Waals surface area contributed by atoms with E-state index in [0.717, 1.165) is 32.1 Å². The van der Waals surface area contributed by atoms with Crippen LogP contribution in [-0.2, 0) is 38.0 Å². The van der Waals surface area contributed by atoms with Gasteiger partial charge < -0.3 is 53.6 Å². The third-order valence-electron chi connectivity index (χ3n) is 14.0. The average Bonchev–Trinajstić information content (AvgIpc) is 3.67. The van der Waals surface area contributed by atoms with Gasteiger partial charge in [0.25, 0.3) is 5.78 Å². The fourth-order valence-electron chi connectivity index (χ4n) is 11.1. The molecule has 4 heterocycles. The number of aliphatic hydroxyl groups excluding tert-OH is 2. The highest BCUT2D eigenvalue weighted by molar-refractivity contribution is 6.43. The van der Waals surface area contributed by atoms with Crippen LogP contribution >= 0.6 is 0 Å². The Balaban J connectivity index is 0.879. The summed E-state index contributed by atoms with van der Waals surface area (Å²) in [7, 11) is 0. The van der Waals surface area contributed by atoms with Crippen molar-refractivity contribution in [2.45, 2.75) is 115 Å². The maximum atomic E-state index is 15.0. The number of carbonyl (C=O) groups excluding carboxylic acids is 3. The van der Waals surface area contributed by atoms with Crippen LogP contribution in [0, 0.1) is 34.5 Å². The van der Waals surface area contributed by atoms with Gasteiger partial charge in [-0.15, -0.1) is 0 Å². The zero-order chi connectivity index (χ0) is 39.2. The van der Waals surface area contributed by atoms with Gasteiger partial charge >= 0.3 is 12.1 Å². The van der Waals surface area contributed by atoms with Crippen LogP contribution in [-0.4, -0.2) is 74.3 Å². The Morgan fingerprint density at radius 3 is 2.20 bits per heavy atom. The van der Waals surface area contributed by atoms with Gasteiger partial charge in [0.05, 0.1) is 18.8 Å². The Bertz CT molecular complexity index is 1880. The summed E-state index contributed by atoms with van der Waals surface area (Å²) in [4.78, 5) is 35.7. The molecular formula is C41H48O14. The molecule has 14 nitrogen and oxygen atoms in total. The van der Waals surface area contributed by atoms with Crippen LogP contribution in [0.15, 0.2) is 77.3 Å². The molecule has 4 saturated carbocycles. The predicted molar refractivity (Wildman–Crippen MR) is 187 cm³/mol. The highest BCUT2D eigenvalue weighted by Gasteiger charge is 2.66. The molecule has 4 aliphatic carbocycles. The second kappa shape index (κ2) is 13.2. The van der Waals surface area contributed by atoms with Gasteiger partial charge in [-0.05, 0) is 60.5 Å². The summed E-state index contributed by atoms with van der Waals surface area (Å²) < 4.78 is 38.6. The number of aliphatic hydroxyl groups is 4. The van der Waals surface area contributed by atoms with Crippen molar-refractivity contribution in [1.29, 1.82) is 0 Å². The lowest BCUT2D eigenvalue weighted by atomic mass is 9.43. The standard InChI is InChI=1S/C41H47O14/c1-19-36(47)28(42)15-34(50-19)54-38-21(3)52-35(17-30(38)44)55-37-20(2)51-33(16-29(37)43)53-24-8-10-39(4)23(13-24)6-7-26-27(39)14-31(45)40(5)25(9-11-41(26,40)48)22-12-32(46)49-18-22/h23-27,33-35,43-44,46H,1-3,6-11,13-18H2,4-5H3/q-1/p+1/t23-,24?,25?,26-,27+,33?,34?,35?,39+,40+,41+/m1/s1. The summed E-state index contributed by atoms with van der Waals surface area (Å²) in [5.41, 5.74) is 0.757. The molecule has 0 aromatic rings. The van der Waals surface area contributed by atoms with E-state index in [-0.39, 0.29) is 107 Å². The molecule has 0 radical (unpaired) electrons. The Labute approximate surface area is 318 Å². The number of fused-ring (bicyclic) bond motifs is 5. The second-order valence-corrected chi connectivity index (χ2v) is 16.7. The Kier molecular flexibility index (Phi) is 8.97. The van der Waals surface area contributed by atoms with E-state index in [2.05, 4.69) is 32.4 Å². The van der Waals surface area contributed by atoms with Crippen LogP contribution in [0.5, 0.6) is 0 Å². The lowest BCUT2D eigenvalue weighted by molar-refractivity contribution is -0.522. The van der Waals surface area contributed by atoms with E-state index in [4.69, 9.17) is 33.2 Å². The maximum Gasteiger partial charge on any atom is 0.423 e. The molecule has 0 aromatic heterocycles. The second-order valence-electron chi connectivity index (χ2n) is 16.7. The highest BCUT2D eigenvalue weighted by Crippen LogP contribution is 2.68. The normalized spacial score (nSPS) is 41.6. The first-order chi connectivity index (χ1) is 26.0. The lowest BCUT2D eigenvalue weighted by Crippen LogP contribution is -2.71. The van der Waals surface area contributed by atoms with Gasteiger partial charge in [-0.1, -0.05) is 51.2 Å². The van der Waals surface area contributed by atoms with Gasteiger partial charge in [0.15, 0.2) is 23.4 Å². The van der Waals surface area contributed by atoms with Crippen molar-refractivity contribution in [2.75, 3.05) is 6.61 Å². The fourth-order valence-corrected chi connectivity index (χ4v) is 11.1. The molecule has 14 heteroatoms. The highest BCUT2D eigenvalue weighted by atomic mass is 16.7. The first-order valence-corrected chi connectivity index (χ1v) is 19.1. The molecule has 296 valence electrons. The minimum absolute atomic E-state index is 0.00470. The zero-order valence-corrected chi connectivity index (χ0v) is 31.1. The number of rotatable bonds is 7. The van der Waals surface area contributed by atoms with Crippen molar-refractivity contribution >= 4 is 17.3 Å². The monoisotopic (exact) mass is 764 g/mol. The molecular weight excluding hydrogens is 716 g/mol. The molecule has 0 spiro atoms. The molecule has 0 aromatic carbocycles. The van der Waals surface area contributed by atoms with E-state index in [1.54, 1.807) is 0 Å². The molecule has 0 bridgehead atoms. The topological polar surface area (TPSA) is 210 Å². The van der Waals surface area contributed by atoms with Gasteiger partial charge in [-0.2, -0.15) is 0 Å². The molecule has 11 atom stereocenters. The number of hydrogen-bond acceptors (Lipinski definition) is 12. The first-order valence-electron chi connectivity index (χ1n) is 19.1. The molecule has 55 heavy (non-hydrogen) atoms. The summed E-state index contributed by atoms with van der Waals surface area (Å²) in [6, 6.07) is 0. The molecule has 0 amide bonds. The van der Waals surface area contributed by atoms with Crippen LogP contribution in [0.3, 0.4) is 0 Å². The zero-order valence-electron chi connectivity index (χ0n) is 31.1. The molecule has 5 unspecified atom stereocenters. The van der Waals surface area contributed by atoms with E-state index in [0.29, 0.717) is 24.8 Å². The van der Waals surface area contributed by atoms with Crippen LogP contribution < -0.4 is 10.2 Å². The number of ketones is 3. The van der Waals surface area contributed by atoms with Crippen molar-refractivity contribution in [3.05, 3.63) is 77.3 Å². The van der Waals surface area contributed by atoms with E-state index >= 15 is 5.11 Å². The van der Waals surface area contributed by atoms with Crippen LogP contribution in [0.25, 0.3) is 0 Å². The first kappa shape index (κ1) is 37.3. The van der Waals surface area contributed by atoms with Crippen LogP contribution in [0.1, 0.15) is 84.5 Å². The van der Waals surface area contributed by atoms with Crippen LogP contribution in [0.4, 0.5) is 0 Å². The SMILES string of the molecule is C=C1OC(OC2=C(O)CC(OC3=C(O)CC([OH+]C4CC[C@@]5(C)[C@H](CC[C@@H]6[C@@H]5CC(=O)[C@]5(C)C(C7=C=C([O-])OC7)CC[C@]65[O-])C4)OC3=C)OC2=C)CC(=O)C1=[OH+]. The Morgan fingerprint density at radius 2 is 1.55 bits per heavy atom. The summed E-state index contributed by atoms with van der Waals surface area (Å²) in [5.74, 6) is -2.90. The minimum atomic E-state index is -1.40. The fraction of sp³-hybridized carbons (Fsp3) is 0.610. The lowest BCUT2D eigenvalue weighted by Gasteiger charge is -2.67. The number of allylic oxidation sites excluding steroid dienone is 1. The van der Waals surface area contributed by atoms with Crippen molar-refractivity contribution in [3.63, 3.8) is 0 Å². The van der Waals surface area contributed by atoms with Crippen molar-refractivity contribution in [3.8, 4) is 0 Å². The van der Waals surface area contributed by atoms with Gasteiger partial charge in [0.1, 0.15) is 18.0 Å². The largest absolute Gasteiger partial charge is 0.849 e. The third kappa shape index (κ3) is 5.95. The summed E-state index contributed by atoms with van der Waals surface area (Å²) >= 11 is 0. The smallest absolute Gasteiger partial charge is 0.423 e. The summed E-state index contributed by atoms with van der Waals surface area (Å²) in [6.45, 7) is 15.4. The average molecular weight is 765 g/mol. The number of ether oxygens (including phenoxy) is 7. The third-order valence-corrected chi connectivity index (χ3v) is 14.0. The molecule has 4 aliphatic heterocycles. The molecule has 8 rings (SSSR count). The quantitative estimate of drug-likeness (QED) is 0.165. The van der Waals surface area contributed by atoms with E-state index in [1.165, 1.54) is 0 Å². The molecule has 4 N–H and O–H groups in total. The number of carbonyl (C=O) groups is 2. The van der Waals surface area contributed by atoms with E-state index in [1.807, 2.05) is 6.92 Å². The van der Waals surface area contributed by atoms with E-state index < -0.39 is 47.4 Å². The molecule has 1 saturated heterocycles. The van der Waals surface area contributed by atoms with Gasteiger partial charge in [0.2, 0.25) is 29.9 Å². The summed E-state index contributed by atoms with van der Waals surface area (Å²) in [5, 5.41) is 48.6. The summed E-state index contributed by atoms with van der Waals surface area (Å²) in [6.07, 6.45) is 1.74. The Morgan fingerprint density at radius 1 is 0.873 bits per heavy atom. The van der Waals surface area contributed by atoms with Gasteiger partial charge in [0, 0.05) is 31.3 Å². The van der Waals surface area contributed by atoms with Crippen molar-refractivity contribution in [1.82, 2.24) is 0 Å². The Hall–Kier alpha value is -4.65. The van der Waals surface area contributed by atoms with E-state index in [9.17, 15) is 29.7 Å². The van der Waals surface area contributed by atoms with Gasteiger partial charge in [-0.25, -0.2) is 0 Å². The van der Waals surface area contributed by atoms with Gasteiger partial charge in [-0.3, -0.25) is 14.4 Å². The van der Waals surface area contributed by atoms with Crippen LogP contribution in [0.2, 0.25) is 0 Å². The maximum absolute atomic E-state index is 15.0. The predicted octanol–water partition coefficient (Wildman–Crippen LogP) is 3.43. The minimum Gasteiger partial charge on any atom is -0.849 e. The number of hydrogen-bond donors (Lipinski definition) is 2. The van der Waals surface area contributed by atoms with Crippen molar-refractivity contribution in [2.24, 2.45) is 34.5 Å². The van der Waals surface area contributed by atoms with Crippen molar-refractivity contribution < 1.29 is 68.0 Å². The number of Topliss-reactive ketones (excluding diaryl/α,β-unsaturated/α-hetero) is 2.